The number of benzene rings is 2. The Kier molecular flexibility index (Phi) is 8.69. The van der Waals surface area contributed by atoms with Crippen LogP contribution in [0.1, 0.15) is 49.7 Å². The third-order valence-electron chi connectivity index (χ3n) is 5.18. The van der Waals surface area contributed by atoms with Gasteiger partial charge in [-0.1, -0.05) is 92.8 Å². The molecule has 2 aromatic carbocycles. The van der Waals surface area contributed by atoms with Gasteiger partial charge < -0.3 is 21.0 Å². The Labute approximate surface area is 167 Å². The van der Waals surface area contributed by atoms with Crippen LogP contribution in [0.2, 0.25) is 0 Å². The lowest BCUT2D eigenvalue weighted by Gasteiger charge is -2.29. The number of primary amides is 1. The van der Waals surface area contributed by atoms with Crippen molar-refractivity contribution in [3.63, 3.8) is 0 Å². The molecule has 0 aliphatic heterocycles. The van der Waals surface area contributed by atoms with Gasteiger partial charge in [0.2, 0.25) is 0 Å². The summed E-state index contributed by atoms with van der Waals surface area (Å²) in [6.45, 7) is 0.0242. The number of aldehydes is 1. The Balaban J connectivity index is 0.000000261. The van der Waals surface area contributed by atoms with E-state index in [-0.39, 0.29) is 6.54 Å². The van der Waals surface area contributed by atoms with Gasteiger partial charge in [-0.25, -0.2) is 4.79 Å². The molecule has 0 heterocycles. The van der Waals surface area contributed by atoms with Crippen molar-refractivity contribution in [3.8, 4) is 0 Å². The van der Waals surface area contributed by atoms with Gasteiger partial charge in [-0.3, -0.25) is 0 Å². The van der Waals surface area contributed by atoms with Crippen LogP contribution in [-0.4, -0.2) is 24.0 Å². The molecular formula is C23H30N2O3. The molecule has 5 nitrogen and oxygen atoms in total. The van der Waals surface area contributed by atoms with Crippen LogP contribution in [0.4, 0.5) is 4.79 Å². The van der Waals surface area contributed by atoms with E-state index in [1.54, 1.807) is 0 Å². The highest BCUT2D eigenvalue weighted by molar-refractivity contribution is 5.71. The smallest absolute Gasteiger partial charge is 0.312 e. The first-order valence-electron chi connectivity index (χ1n) is 9.86. The fourth-order valence-corrected chi connectivity index (χ4v) is 3.57. The van der Waals surface area contributed by atoms with Crippen LogP contribution in [0.15, 0.2) is 60.7 Å². The summed E-state index contributed by atoms with van der Waals surface area (Å²) in [4.78, 5) is 21.0. The normalized spacial score (nSPS) is 14.5. The molecule has 0 spiro atoms. The lowest BCUT2D eigenvalue weighted by atomic mass is 9.86. The zero-order valence-corrected chi connectivity index (χ0v) is 16.2. The number of hydrogen-bond donors (Lipinski definition) is 3. The van der Waals surface area contributed by atoms with Crippen molar-refractivity contribution in [1.29, 1.82) is 0 Å². The summed E-state index contributed by atoms with van der Waals surface area (Å²) in [5, 5.41) is 13.4. The van der Waals surface area contributed by atoms with E-state index in [1.165, 1.54) is 32.1 Å². The van der Waals surface area contributed by atoms with E-state index in [2.05, 4.69) is 5.32 Å². The van der Waals surface area contributed by atoms with Crippen LogP contribution in [0, 0.1) is 5.92 Å². The lowest BCUT2D eigenvalue weighted by Crippen LogP contribution is -2.43. The predicted octanol–water partition coefficient (Wildman–Crippen LogP) is 3.75. The second-order valence-corrected chi connectivity index (χ2v) is 7.22. The monoisotopic (exact) mass is 382 g/mol. The van der Waals surface area contributed by atoms with E-state index < -0.39 is 11.6 Å². The molecule has 0 saturated heterocycles. The van der Waals surface area contributed by atoms with Crippen LogP contribution >= 0.6 is 0 Å². The molecule has 2 aromatic rings. The number of nitrogens with two attached hydrogens (primary N) is 1. The van der Waals surface area contributed by atoms with Gasteiger partial charge >= 0.3 is 6.03 Å². The topological polar surface area (TPSA) is 92.4 Å². The average molecular weight is 383 g/mol. The van der Waals surface area contributed by atoms with Crippen molar-refractivity contribution in [3.05, 3.63) is 71.8 Å². The van der Waals surface area contributed by atoms with Crippen LogP contribution in [0.25, 0.3) is 0 Å². The summed E-state index contributed by atoms with van der Waals surface area (Å²) in [6, 6.07) is 17.7. The summed E-state index contributed by atoms with van der Waals surface area (Å²) in [6.07, 6.45) is 8.53. The van der Waals surface area contributed by atoms with Crippen LogP contribution in [0.3, 0.4) is 0 Å². The molecule has 0 radical (unpaired) electrons. The standard InChI is InChI=1S/C15H16N2O2.C8H14O/c16-14(18)17-11-15(19,12-7-3-1-4-8-12)13-9-5-2-6-10-13;9-7-6-8-4-2-1-3-5-8/h1-10,19H,11H2,(H3,16,17,18);7-8H,1-6H2. The molecule has 1 saturated carbocycles. The Morgan fingerprint density at radius 3 is 1.93 bits per heavy atom. The average Bonchev–Trinajstić information content (AvgIpc) is 2.75. The molecule has 0 bridgehead atoms. The molecule has 0 atom stereocenters. The summed E-state index contributed by atoms with van der Waals surface area (Å²) in [5.74, 6) is 0.733. The Hall–Kier alpha value is -2.66. The Bertz CT molecular complexity index is 674. The molecule has 1 fully saturated rings. The van der Waals surface area contributed by atoms with Gasteiger partial charge in [0.25, 0.3) is 0 Å². The largest absolute Gasteiger partial charge is 0.379 e. The van der Waals surface area contributed by atoms with E-state index in [0.717, 1.165) is 18.6 Å². The highest BCUT2D eigenvalue weighted by Crippen LogP contribution is 2.28. The highest BCUT2D eigenvalue weighted by atomic mass is 16.3. The van der Waals surface area contributed by atoms with E-state index in [4.69, 9.17) is 5.73 Å². The number of rotatable bonds is 6. The maximum atomic E-state index is 10.9. The summed E-state index contributed by atoms with van der Waals surface area (Å²) >= 11 is 0. The molecule has 4 N–H and O–H groups in total. The molecule has 0 unspecified atom stereocenters. The molecule has 1 aliphatic carbocycles. The fourth-order valence-electron chi connectivity index (χ4n) is 3.57. The van der Waals surface area contributed by atoms with Gasteiger partial charge in [-0.15, -0.1) is 0 Å². The van der Waals surface area contributed by atoms with E-state index >= 15 is 0 Å². The third-order valence-corrected chi connectivity index (χ3v) is 5.18. The first-order valence-corrected chi connectivity index (χ1v) is 9.86. The minimum absolute atomic E-state index is 0.0242. The zero-order valence-electron chi connectivity index (χ0n) is 16.2. The number of urea groups is 1. The van der Waals surface area contributed by atoms with Gasteiger partial charge in [0.05, 0.1) is 6.54 Å². The molecule has 5 heteroatoms. The van der Waals surface area contributed by atoms with Gasteiger partial charge in [-0.05, 0) is 17.0 Å². The van der Waals surface area contributed by atoms with Crippen LogP contribution in [-0.2, 0) is 10.4 Å². The number of nitrogens with one attached hydrogen (secondary N) is 1. The number of carbonyl (C=O) groups excluding carboxylic acids is 2. The van der Waals surface area contributed by atoms with Gasteiger partial charge in [0, 0.05) is 6.42 Å². The van der Waals surface area contributed by atoms with E-state index in [1.807, 2.05) is 60.7 Å². The molecule has 2 amide bonds. The number of amides is 2. The third kappa shape index (κ3) is 6.50. The van der Waals surface area contributed by atoms with Crippen LogP contribution in [0.5, 0.6) is 0 Å². The van der Waals surface area contributed by atoms with E-state index in [0.29, 0.717) is 11.1 Å². The maximum Gasteiger partial charge on any atom is 0.312 e. The van der Waals surface area contributed by atoms with Gasteiger partial charge in [-0.2, -0.15) is 0 Å². The maximum absolute atomic E-state index is 10.9. The first-order chi connectivity index (χ1) is 13.6. The van der Waals surface area contributed by atoms with Crippen molar-refractivity contribution in [2.24, 2.45) is 11.7 Å². The number of aliphatic hydroxyl groups is 1. The van der Waals surface area contributed by atoms with Crippen LogP contribution < -0.4 is 11.1 Å². The molecule has 1 aliphatic rings. The number of carbonyl (C=O) groups is 2. The van der Waals surface area contributed by atoms with Gasteiger partial charge in [0.1, 0.15) is 11.9 Å². The molecular weight excluding hydrogens is 352 g/mol. The lowest BCUT2D eigenvalue weighted by molar-refractivity contribution is -0.108. The fraction of sp³-hybridized carbons (Fsp3) is 0.391. The summed E-state index contributed by atoms with van der Waals surface area (Å²) in [5.41, 5.74) is 5.21. The summed E-state index contributed by atoms with van der Waals surface area (Å²) in [7, 11) is 0. The molecule has 150 valence electrons. The SMILES string of the molecule is NC(=O)NCC(O)(c1ccccc1)c1ccccc1.O=CCC1CCCCC1. The van der Waals surface area contributed by atoms with Crippen molar-refractivity contribution in [2.75, 3.05) is 6.54 Å². The van der Waals surface area contributed by atoms with E-state index in [9.17, 15) is 14.7 Å². The van der Waals surface area contributed by atoms with Crippen molar-refractivity contribution < 1.29 is 14.7 Å². The Morgan fingerprint density at radius 1 is 1.00 bits per heavy atom. The Morgan fingerprint density at radius 2 is 1.50 bits per heavy atom. The summed E-state index contributed by atoms with van der Waals surface area (Å²) < 4.78 is 0. The first kappa shape index (κ1) is 21.6. The minimum Gasteiger partial charge on any atom is -0.379 e. The van der Waals surface area contributed by atoms with Crippen molar-refractivity contribution in [1.82, 2.24) is 5.32 Å². The van der Waals surface area contributed by atoms with Crippen molar-refractivity contribution >= 4 is 12.3 Å². The van der Waals surface area contributed by atoms with Crippen molar-refractivity contribution in [2.45, 2.75) is 44.1 Å². The number of hydrogen-bond acceptors (Lipinski definition) is 3. The molecule has 0 aromatic heterocycles. The predicted molar refractivity (Wildman–Crippen MR) is 111 cm³/mol. The van der Waals surface area contributed by atoms with Gasteiger partial charge in [0.15, 0.2) is 0 Å². The zero-order chi connectivity index (χ0) is 20.2. The quantitative estimate of drug-likeness (QED) is 0.664. The minimum atomic E-state index is -1.29. The molecule has 3 rings (SSSR count). The second kappa shape index (κ2) is 11.2. The molecule has 28 heavy (non-hydrogen) atoms. The highest BCUT2D eigenvalue weighted by Gasteiger charge is 2.31. The second-order valence-electron chi connectivity index (χ2n) is 7.22.